The van der Waals surface area contributed by atoms with Crippen LogP contribution in [0.15, 0.2) is 0 Å². The number of amides is 1. The van der Waals surface area contributed by atoms with Gasteiger partial charge in [-0.15, -0.1) is 0 Å². The summed E-state index contributed by atoms with van der Waals surface area (Å²) in [5, 5.41) is 3.02. The van der Waals surface area contributed by atoms with Gasteiger partial charge in [0.2, 0.25) is 5.91 Å². The molecule has 1 atom stereocenters. The largest absolute Gasteiger partial charge is 0.353 e. The molecule has 4 nitrogen and oxygen atoms in total. The summed E-state index contributed by atoms with van der Waals surface area (Å²) < 4.78 is 0. The Bertz CT molecular complexity index is 226. The summed E-state index contributed by atoms with van der Waals surface area (Å²) in [5.74, 6) is 0.150. The number of likely N-dealkylation sites (N-methyl/N-ethyl adjacent to an activating group) is 1. The molecule has 1 saturated carbocycles. The van der Waals surface area contributed by atoms with E-state index in [1.165, 1.54) is 0 Å². The Morgan fingerprint density at radius 1 is 1.50 bits per heavy atom. The minimum Gasteiger partial charge on any atom is -0.353 e. The smallest absolute Gasteiger partial charge is 0.221 e. The number of nitrogens with one attached hydrogen (secondary N) is 1. The van der Waals surface area contributed by atoms with Gasteiger partial charge in [0.1, 0.15) is 0 Å². The van der Waals surface area contributed by atoms with E-state index >= 15 is 0 Å². The molecule has 4 heteroatoms. The summed E-state index contributed by atoms with van der Waals surface area (Å²) in [6, 6.07) is 1.05. The average Bonchev–Trinajstić information content (AvgIpc) is 3.00. The predicted octanol–water partition coefficient (Wildman–Crippen LogP) is 0.713. The standard InChI is InChI=1S/C12H25N3O/c1-4-15(9(2)3)11(8-13)7-12(16)14-10-5-6-10/h9-11H,4-8,13H2,1-3H3,(H,14,16). The van der Waals surface area contributed by atoms with Crippen LogP contribution in [0.1, 0.15) is 40.0 Å². The summed E-state index contributed by atoms with van der Waals surface area (Å²) in [5.41, 5.74) is 5.76. The van der Waals surface area contributed by atoms with Crippen molar-refractivity contribution in [3.63, 3.8) is 0 Å². The quantitative estimate of drug-likeness (QED) is 0.673. The van der Waals surface area contributed by atoms with E-state index in [2.05, 4.69) is 31.0 Å². The molecule has 1 aliphatic carbocycles. The van der Waals surface area contributed by atoms with Crippen molar-refractivity contribution in [2.45, 2.75) is 58.2 Å². The molecular formula is C12H25N3O. The Morgan fingerprint density at radius 2 is 2.12 bits per heavy atom. The molecule has 94 valence electrons. The molecule has 0 heterocycles. The molecule has 0 radical (unpaired) electrons. The van der Waals surface area contributed by atoms with Crippen LogP contribution < -0.4 is 11.1 Å². The molecule has 0 bridgehead atoms. The van der Waals surface area contributed by atoms with Crippen LogP contribution in [0.4, 0.5) is 0 Å². The summed E-state index contributed by atoms with van der Waals surface area (Å²) in [6.45, 7) is 7.89. The molecule has 1 fully saturated rings. The van der Waals surface area contributed by atoms with E-state index < -0.39 is 0 Å². The average molecular weight is 227 g/mol. The monoisotopic (exact) mass is 227 g/mol. The van der Waals surface area contributed by atoms with Crippen LogP contribution in [0.3, 0.4) is 0 Å². The fraction of sp³-hybridized carbons (Fsp3) is 0.917. The number of carbonyl (C=O) groups excluding carboxylic acids is 1. The predicted molar refractivity (Wildman–Crippen MR) is 66.1 cm³/mol. The van der Waals surface area contributed by atoms with E-state index in [0.29, 0.717) is 25.0 Å². The zero-order valence-corrected chi connectivity index (χ0v) is 10.7. The molecule has 1 rings (SSSR count). The molecule has 3 N–H and O–H groups in total. The molecule has 0 saturated heterocycles. The maximum atomic E-state index is 11.7. The minimum atomic E-state index is 0.150. The molecule has 1 amide bonds. The topological polar surface area (TPSA) is 58.4 Å². The van der Waals surface area contributed by atoms with Gasteiger partial charge in [0.25, 0.3) is 0 Å². The summed E-state index contributed by atoms with van der Waals surface area (Å²) in [6.07, 6.45) is 2.81. The Hall–Kier alpha value is -0.610. The number of hydrogen-bond acceptors (Lipinski definition) is 3. The first-order chi connectivity index (χ1) is 7.58. The van der Waals surface area contributed by atoms with Crippen LogP contribution in [0.5, 0.6) is 0 Å². The maximum absolute atomic E-state index is 11.7. The van der Waals surface area contributed by atoms with Crippen LogP contribution in [-0.4, -0.2) is 42.0 Å². The van der Waals surface area contributed by atoms with Crippen molar-refractivity contribution in [3.05, 3.63) is 0 Å². The molecule has 0 aromatic heterocycles. The molecule has 1 unspecified atom stereocenters. The fourth-order valence-corrected chi connectivity index (χ4v) is 2.11. The van der Waals surface area contributed by atoms with Crippen LogP contribution in [-0.2, 0) is 4.79 Å². The summed E-state index contributed by atoms with van der Waals surface area (Å²) in [7, 11) is 0. The van der Waals surface area contributed by atoms with Crippen LogP contribution in [0.25, 0.3) is 0 Å². The van der Waals surface area contributed by atoms with Crippen molar-refractivity contribution < 1.29 is 4.79 Å². The summed E-state index contributed by atoms with van der Waals surface area (Å²) in [4.78, 5) is 14.0. The van der Waals surface area contributed by atoms with Crippen LogP contribution in [0, 0.1) is 0 Å². The van der Waals surface area contributed by atoms with Crippen molar-refractivity contribution >= 4 is 5.91 Å². The van der Waals surface area contributed by atoms with Crippen molar-refractivity contribution in [1.29, 1.82) is 0 Å². The van der Waals surface area contributed by atoms with E-state index in [1.807, 2.05) is 0 Å². The Morgan fingerprint density at radius 3 is 2.50 bits per heavy atom. The van der Waals surface area contributed by atoms with Gasteiger partial charge >= 0.3 is 0 Å². The highest BCUT2D eigenvalue weighted by Gasteiger charge is 2.26. The molecule has 1 aliphatic rings. The van der Waals surface area contributed by atoms with E-state index in [1.54, 1.807) is 0 Å². The van der Waals surface area contributed by atoms with Crippen molar-refractivity contribution in [2.24, 2.45) is 5.73 Å². The number of rotatable bonds is 7. The first-order valence-corrected chi connectivity index (χ1v) is 6.33. The molecule has 0 aliphatic heterocycles. The third-order valence-electron chi connectivity index (χ3n) is 3.13. The first kappa shape index (κ1) is 13.5. The highest BCUT2D eigenvalue weighted by molar-refractivity contribution is 5.77. The Balaban J connectivity index is 2.41. The van der Waals surface area contributed by atoms with E-state index in [9.17, 15) is 4.79 Å². The van der Waals surface area contributed by atoms with Gasteiger partial charge in [0.15, 0.2) is 0 Å². The molecular weight excluding hydrogens is 202 g/mol. The third-order valence-corrected chi connectivity index (χ3v) is 3.13. The van der Waals surface area contributed by atoms with Crippen molar-refractivity contribution in [3.8, 4) is 0 Å². The van der Waals surface area contributed by atoms with E-state index in [0.717, 1.165) is 19.4 Å². The second-order valence-electron chi connectivity index (χ2n) is 4.86. The second kappa shape index (κ2) is 6.21. The van der Waals surface area contributed by atoms with Gasteiger partial charge in [-0.25, -0.2) is 0 Å². The first-order valence-electron chi connectivity index (χ1n) is 6.33. The van der Waals surface area contributed by atoms with Crippen LogP contribution in [0.2, 0.25) is 0 Å². The number of nitrogens with zero attached hydrogens (tertiary/aromatic N) is 1. The molecule has 0 aromatic rings. The number of carbonyl (C=O) groups is 1. The SMILES string of the molecule is CCN(C(C)C)C(CN)CC(=O)NC1CC1. The molecule has 0 spiro atoms. The number of nitrogens with two attached hydrogens (primary N) is 1. The molecule has 16 heavy (non-hydrogen) atoms. The van der Waals surface area contributed by atoms with Crippen molar-refractivity contribution in [2.75, 3.05) is 13.1 Å². The fourth-order valence-electron chi connectivity index (χ4n) is 2.11. The normalized spacial score (nSPS) is 17.9. The Kier molecular flexibility index (Phi) is 5.22. The summed E-state index contributed by atoms with van der Waals surface area (Å²) >= 11 is 0. The zero-order valence-electron chi connectivity index (χ0n) is 10.7. The lowest BCUT2D eigenvalue weighted by molar-refractivity contribution is -0.122. The van der Waals surface area contributed by atoms with Gasteiger partial charge in [-0.3, -0.25) is 9.69 Å². The minimum absolute atomic E-state index is 0.150. The van der Waals surface area contributed by atoms with Crippen LogP contribution >= 0.6 is 0 Å². The maximum Gasteiger partial charge on any atom is 0.221 e. The van der Waals surface area contributed by atoms with E-state index in [-0.39, 0.29) is 11.9 Å². The lowest BCUT2D eigenvalue weighted by atomic mass is 10.1. The van der Waals surface area contributed by atoms with Gasteiger partial charge in [0.05, 0.1) is 0 Å². The Labute approximate surface area is 98.6 Å². The van der Waals surface area contributed by atoms with E-state index in [4.69, 9.17) is 5.73 Å². The highest BCUT2D eigenvalue weighted by atomic mass is 16.1. The van der Waals surface area contributed by atoms with Gasteiger partial charge in [-0.05, 0) is 33.2 Å². The van der Waals surface area contributed by atoms with Gasteiger partial charge < -0.3 is 11.1 Å². The lowest BCUT2D eigenvalue weighted by Crippen LogP contribution is -2.47. The lowest BCUT2D eigenvalue weighted by Gasteiger charge is -2.32. The number of hydrogen-bond donors (Lipinski definition) is 2. The van der Waals surface area contributed by atoms with Gasteiger partial charge in [0, 0.05) is 31.1 Å². The third kappa shape index (κ3) is 4.10. The zero-order chi connectivity index (χ0) is 12.1. The second-order valence-corrected chi connectivity index (χ2v) is 4.86. The highest BCUT2D eigenvalue weighted by Crippen LogP contribution is 2.19. The van der Waals surface area contributed by atoms with Gasteiger partial charge in [-0.1, -0.05) is 6.92 Å². The van der Waals surface area contributed by atoms with Gasteiger partial charge in [-0.2, -0.15) is 0 Å². The molecule has 0 aromatic carbocycles. The van der Waals surface area contributed by atoms with Crippen molar-refractivity contribution in [1.82, 2.24) is 10.2 Å².